The molecule has 1 aromatic rings. The summed E-state index contributed by atoms with van der Waals surface area (Å²) >= 11 is 0. The van der Waals surface area contributed by atoms with E-state index < -0.39 is 10.0 Å². The lowest BCUT2D eigenvalue weighted by Crippen LogP contribution is -2.39. The van der Waals surface area contributed by atoms with E-state index in [2.05, 4.69) is 13.8 Å². The molecule has 0 amide bonds. The zero-order valence-electron chi connectivity index (χ0n) is 14.1. The van der Waals surface area contributed by atoms with Crippen LogP contribution in [0.3, 0.4) is 0 Å². The normalized spacial score (nSPS) is 27.8. The van der Waals surface area contributed by atoms with E-state index in [1.54, 1.807) is 6.07 Å². The van der Waals surface area contributed by atoms with Gasteiger partial charge in [0, 0.05) is 19.0 Å². The lowest BCUT2D eigenvalue weighted by atomic mass is 9.74. The Hall–Kier alpha value is -1.11. The second-order valence-electron chi connectivity index (χ2n) is 7.06. The second kappa shape index (κ2) is 5.76. The zero-order valence-corrected chi connectivity index (χ0v) is 14.9. The average Bonchev–Trinajstić information content (AvgIpc) is 2.84. The van der Waals surface area contributed by atoms with Crippen molar-refractivity contribution in [2.24, 2.45) is 11.8 Å². The minimum atomic E-state index is -3.61. The highest BCUT2D eigenvalue weighted by molar-refractivity contribution is 7.89. The molecule has 0 aromatic heterocycles. The van der Waals surface area contributed by atoms with Crippen molar-refractivity contribution < 1.29 is 18.3 Å². The Morgan fingerprint density at radius 3 is 2.52 bits per heavy atom. The number of sulfonamides is 1. The van der Waals surface area contributed by atoms with Crippen molar-refractivity contribution in [1.82, 2.24) is 4.31 Å². The van der Waals surface area contributed by atoms with E-state index in [1.165, 1.54) is 11.4 Å². The number of hydrogen-bond acceptors (Lipinski definition) is 4. The van der Waals surface area contributed by atoms with Crippen molar-refractivity contribution in [3.8, 4) is 5.75 Å². The molecule has 2 fully saturated rings. The van der Waals surface area contributed by atoms with Gasteiger partial charge in [-0.2, -0.15) is 4.31 Å². The third-order valence-corrected chi connectivity index (χ3v) is 7.14. The van der Waals surface area contributed by atoms with Crippen molar-refractivity contribution in [1.29, 1.82) is 0 Å². The summed E-state index contributed by atoms with van der Waals surface area (Å²) in [5.74, 6) is 1.02. The highest BCUT2D eigenvalue weighted by Gasteiger charge is 2.49. The molecule has 0 unspecified atom stereocenters. The third kappa shape index (κ3) is 2.66. The SMILES string of the molecule is COc1cc(C)c(C(C)C)cc1S(=O)(=O)N1C[C@H]2C[C@@H](O)[C@H]2C1. The number of methoxy groups -OCH3 is 1. The topological polar surface area (TPSA) is 66.8 Å². The van der Waals surface area contributed by atoms with Crippen LogP contribution in [0.2, 0.25) is 0 Å². The van der Waals surface area contributed by atoms with Gasteiger partial charge in [-0.3, -0.25) is 0 Å². The monoisotopic (exact) mass is 339 g/mol. The maximum atomic E-state index is 13.1. The summed E-state index contributed by atoms with van der Waals surface area (Å²) in [6, 6.07) is 3.56. The molecular formula is C17H25NO4S. The van der Waals surface area contributed by atoms with Gasteiger partial charge in [-0.1, -0.05) is 13.8 Å². The quantitative estimate of drug-likeness (QED) is 0.912. The Kier molecular flexibility index (Phi) is 4.19. The van der Waals surface area contributed by atoms with Crippen molar-refractivity contribution in [2.75, 3.05) is 20.2 Å². The number of hydrogen-bond donors (Lipinski definition) is 1. The molecule has 5 nitrogen and oxygen atoms in total. The molecule has 128 valence electrons. The van der Waals surface area contributed by atoms with Gasteiger partial charge >= 0.3 is 0 Å². The van der Waals surface area contributed by atoms with Crippen molar-refractivity contribution in [3.05, 3.63) is 23.3 Å². The predicted molar refractivity (Wildman–Crippen MR) is 88.2 cm³/mol. The van der Waals surface area contributed by atoms with Crippen LogP contribution in [0.15, 0.2) is 17.0 Å². The van der Waals surface area contributed by atoms with E-state index in [9.17, 15) is 13.5 Å². The number of ether oxygens (including phenoxy) is 1. The fourth-order valence-electron chi connectivity index (χ4n) is 3.83. The van der Waals surface area contributed by atoms with E-state index in [0.29, 0.717) is 31.2 Å². The van der Waals surface area contributed by atoms with Gasteiger partial charge in [0.15, 0.2) is 0 Å². The van der Waals surface area contributed by atoms with Crippen LogP contribution in [0.1, 0.15) is 37.3 Å². The number of rotatable bonds is 4. The summed E-state index contributed by atoms with van der Waals surface area (Å²) in [6.45, 7) is 6.98. The molecule has 0 bridgehead atoms. The minimum Gasteiger partial charge on any atom is -0.495 e. The molecular weight excluding hydrogens is 314 g/mol. The molecule has 0 spiro atoms. The largest absolute Gasteiger partial charge is 0.495 e. The first kappa shape index (κ1) is 16.7. The number of aryl methyl sites for hydroxylation is 1. The number of benzene rings is 1. The van der Waals surface area contributed by atoms with Crippen LogP contribution in [0, 0.1) is 18.8 Å². The number of nitrogens with zero attached hydrogens (tertiary/aromatic N) is 1. The molecule has 3 atom stereocenters. The smallest absolute Gasteiger partial charge is 0.246 e. The maximum absolute atomic E-state index is 13.1. The Labute approximate surface area is 138 Å². The van der Waals surface area contributed by atoms with E-state index in [1.807, 2.05) is 13.0 Å². The lowest BCUT2D eigenvalue weighted by molar-refractivity contribution is -0.00416. The minimum absolute atomic E-state index is 0.0887. The summed E-state index contributed by atoms with van der Waals surface area (Å²) in [5, 5.41) is 9.78. The molecule has 1 N–H and O–H groups in total. The number of aliphatic hydroxyl groups excluding tert-OH is 1. The lowest BCUT2D eigenvalue weighted by Gasteiger charge is -2.34. The van der Waals surface area contributed by atoms with Gasteiger partial charge in [-0.05, 0) is 48.4 Å². The molecule has 1 aliphatic carbocycles. The van der Waals surface area contributed by atoms with Crippen LogP contribution in [0.4, 0.5) is 0 Å². The molecule has 1 aliphatic heterocycles. The summed E-state index contributed by atoms with van der Waals surface area (Å²) in [7, 11) is -2.11. The van der Waals surface area contributed by atoms with Gasteiger partial charge in [-0.15, -0.1) is 0 Å². The second-order valence-corrected chi connectivity index (χ2v) is 8.97. The Morgan fingerprint density at radius 1 is 1.30 bits per heavy atom. The van der Waals surface area contributed by atoms with Gasteiger partial charge < -0.3 is 9.84 Å². The van der Waals surface area contributed by atoms with E-state index in [0.717, 1.165) is 11.1 Å². The first-order chi connectivity index (χ1) is 10.8. The maximum Gasteiger partial charge on any atom is 0.246 e. The molecule has 2 aliphatic rings. The van der Waals surface area contributed by atoms with E-state index in [4.69, 9.17) is 4.74 Å². The number of aliphatic hydroxyl groups is 1. The molecule has 1 aromatic carbocycles. The van der Waals surface area contributed by atoms with Crippen LogP contribution >= 0.6 is 0 Å². The molecule has 6 heteroatoms. The first-order valence-electron chi connectivity index (χ1n) is 8.12. The van der Waals surface area contributed by atoms with Crippen molar-refractivity contribution in [3.63, 3.8) is 0 Å². The predicted octanol–water partition coefficient (Wildman–Crippen LogP) is 2.13. The van der Waals surface area contributed by atoms with Gasteiger partial charge in [0.1, 0.15) is 10.6 Å². The molecule has 1 saturated heterocycles. The molecule has 1 heterocycles. The van der Waals surface area contributed by atoms with Crippen molar-refractivity contribution >= 4 is 10.0 Å². The molecule has 0 radical (unpaired) electrons. The summed E-state index contributed by atoms with van der Waals surface area (Å²) in [5.41, 5.74) is 2.05. The van der Waals surface area contributed by atoms with Crippen molar-refractivity contribution in [2.45, 2.75) is 44.1 Å². The third-order valence-electron chi connectivity index (χ3n) is 5.29. The fraction of sp³-hybridized carbons (Fsp3) is 0.647. The van der Waals surface area contributed by atoms with Crippen LogP contribution in [-0.2, 0) is 10.0 Å². The van der Waals surface area contributed by atoms with E-state index in [-0.39, 0.29) is 22.8 Å². The van der Waals surface area contributed by atoms with Gasteiger partial charge in [0.05, 0.1) is 13.2 Å². The van der Waals surface area contributed by atoms with Crippen LogP contribution in [-0.4, -0.2) is 44.1 Å². The standard InChI is InChI=1S/C17H25NO4S/c1-10(2)13-7-17(16(22-4)5-11(13)3)23(20,21)18-8-12-6-15(19)14(12)9-18/h5,7,10,12,14-15,19H,6,8-9H2,1-4H3/t12-,14+,15-/m1/s1. The first-order valence-corrected chi connectivity index (χ1v) is 9.56. The number of fused-ring (bicyclic) bond motifs is 1. The zero-order chi connectivity index (χ0) is 16.9. The Bertz CT molecular complexity index is 714. The highest BCUT2D eigenvalue weighted by Crippen LogP contribution is 2.43. The Balaban J connectivity index is 2.01. The summed E-state index contributed by atoms with van der Waals surface area (Å²) < 4.78 is 33.0. The highest BCUT2D eigenvalue weighted by atomic mass is 32.2. The van der Waals surface area contributed by atoms with Crippen LogP contribution < -0.4 is 4.74 Å². The average molecular weight is 339 g/mol. The fourth-order valence-corrected chi connectivity index (χ4v) is 5.53. The summed E-state index contributed by atoms with van der Waals surface area (Å²) in [4.78, 5) is 0.241. The molecule has 1 saturated carbocycles. The van der Waals surface area contributed by atoms with Gasteiger partial charge in [-0.25, -0.2) is 8.42 Å². The van der Waals surface area contributed by atoms with E-state index >= 15 is 0 Å². The summed E-state index contributed by atoms with van der Waals surface area (Å²) in [6.07, 6.45) is 0.352. The van der Waals surface area contributed by atoms with Gasteiger partial charge in [0.2, 0.25) is 10.0 Å². The van der Waals surface area contributed by atoms with Crippen LogP contribution in [0.25, 0.3) is 0 Å². The molecule has 23 heavy (non-hydrogen) atoms. The molecule has 3 rings (SSSR count). The van der Waals surface area contributed by atoms with Crippen LogP contribution in [0.5, 0.6) is 5.75 Å². The van der Waals surface area contributed by atoms with Gasteiger partial charge in [0.25, 0.3) is 0 Å². The Morgan fingerprint density at radius 2 is 2.00 bits per heavy atom.